The van der Waals surface area contributed by atoms with Crippen LogP contribution in [0.1, 0.15) is 5.56 Å². The Morgan fingerprint density at radius 1 is 1.88 bits per heavy atom. The van der Waals surface area contributed by atoms with E-state index >= 15 is 0 Å². The molecule has 1 rings (SSSR count). The van der Waals surface area contributed by atoms with Gasteiger partial charge in [0.2, 0.25) is 7.98 Å². The van der Waals surface area contributed by atoms with Gasteiger partial charge in [-0.05, 0) is 0 Å². The van der Waals surface area contributed by atoms with E-state index in [1.54, 1.807) is 6.20 Å². The molecule has 1 aromatic rings. The van der Waals surface area contributed by atoms with Gasteiger partial charge in [-0.1, -0.05) is 6.92 Å². The average Bonchev–Trinajstić information content (AvgIpc) is 1.87. The third kappa shape index (κ3) is 1.81. The van der Waals surface area contributed by atoms with Crippen molar-refractivity contribution >= 4 is 7.98 Å². The number of hydrogen-bond acceptors (Lipinski definition) is 1. The van der Waals surface area contributed by atoms with Gasteiger partial charge < -0.3 is 9.69 Å². The third-order valence-electron chi connectivity index (χ3n) is 0.668. The predicted octanol–water partition coefficient (Wildman–Crippen LogP) is -0.0792. The summed E-state index contributed by atoms with van der Waals surface area (Å²) < 4.78 is 1.23. The maximum Gasteiger partial charge on any atom is 0.230 e. The molecule has 0 saturated carbocycles. The van der Waals surface area contributed by atoms with Crippen molar-refractivity contribution in [3.05, 3.63) is 18.0 Å². The van der Waals surface area contributed by atoms with E-state index < -0.39 is 0 Å². The molecule has 0 aromatic carbocycles. The van der Waals surface area contributed by atoms with Crippen LogP contribution in [0.25, 0.3) is 0 Å². The molecule has 3 radical (unpaired) electrons. The van der Waals surface area contributed by atoms with Crippen LogP contribution in [-0.2, 0) is 20.4 Å². The second-order valence-electron chi connectivity index (χ2n) is 1.40. The van der Waals surface area contributed by atoms with Gasteiger partial charge in [-0.3, -0.25) is 0 Å². The molecule has 0 bridgehead atoms. The van der Waals surface area contributed by atoms with Crippen molar-refractivity contribution in [2.75, 3.05) is 0 Å². The first kappa shape index (κ1) is 7.94. The number of aryl methyl sites for hydroxylation is 1. The van der Waals surface area contributed by atoms with E-state index in [1.165, 1.54) is 4.59 Å². The fourth-order valence-corrected chi connectivity index (χ4v) is 0.393. The minimum absolute atomic E-state index is 0. The minimum Gasteiger partial charge on any atom is -0.421 e. The largest absolute Gasteiger partial charge is 0.421 e. The molecule has 0 spiro atoms. The van der Waals surface area contributed by atoms with Crippen molar-refractivity contribution in [3.63, 3.8) is 0 Å². The first-order valence-electron chi connectivity index (χ1n) is 1.98. The Morgan fingerprint density at radius 2 is 2.50 bits per heavy atom. The van der Waals surface area contributed by atoms with Crippen LogP contribution in [0, 0.1) is 13.1 Å². The summed E-state index contributed by atoms with van der Waals surface area (Å²) in [5.41, 5.74) is 0.961. The summed E-state index contributed by atoms with van der Waals surface area (Å²) in [5.74, 6) is 0. The number of hydrogen-bond donors (Lipinski definition) is 0. The van der Waals surface area contributed by atoms with Gasteiger partial charge in [-0.2, -0.15) is 5.56 Å². The van der Waals surface area contributed by atoms with Crippen molar-refractivity contribution in [2.45, 2.75) is 6.92 Å². The van der Waals surface area contributed by atoms with Crippen LogP contribution in [0.3, 0.4) is 0 Å². The molecular formula is C4H4BN2Re-. The first-order chi connectivity index (χ1) is 3.29. The van der Waals surface area contributed by atoms with Crippen molar-refractivity contribution in [1.82, 2.24) is 9.69 Å². The van der Waals surface area contributed by atoms with Crippen LogP contribution in [0.4, 0.5) is 0 Å². The van der Waals surface area contributed by atoms with Crippen LogP contribution >= 0.6 is 0 Å². The monoisotopic (exact) mass is 278 g/mol. The Hall–Kier alpha value is -0.0627. The summed E-state index contributed by atoms with van der Waals surface area (Å²) >= 11 is 0. The molecule has 2 nitrogen and oxygen atoms in total. The Morgan fingerprint density at radius 3 is 2.62 bits per heavy atom. The quantitative estimate of drug-likeness (QED) is 0.479. The second kappa shape index (κ2) is 3.06. The minimum atomic E-state index is 0. The SMILES string of the molecule is [B]n1cc(C)[c-]n1.[Re]. The molecule has 0 fully saturated rings. The Kier molecular flexibility index (Phi) is 3.04. The third-order valence-corrected chi connectivity index (χ3v) is 0.668. The molecular weight excluding hydrogens is 273 g/mol. The summed E-state index contributed by atoms with van der Waals surface area (Å²) in [7, 11) is 5.15. The smallest absolute Gasteiger partial charge is 0.230 e. The summed E-state index contributed by atoms with van der Waals surface area (Å²) in [5, 5.41) is 3.59. The fraction of sp³-hybridized carbons (Fsp3) is 0.250. The van der Waals surface area contributed by atoms with Gasteiger partial charge in [0.25, 0.3) is 0 Å². The van der Waals surface area contributed by atoms with Gasteiger partial charge in [0.05, 0.1) is 0 Å². The number of rotatable bonds is 0. The predicted molar refractivity (Wildman–Crippen MR) is 27.0 cm³/mol. The topological polar surface area (TPSA) is 17.8 Å². The van der Waals surface area contributed by atoms with Crippen LogP contribution < -0.4 is 0 Å². The zero-order valence-electron chi connectivity index (χ0n) is 4.43. The Bertz CT molecular complexity index is 146. The first-order valence-corrected chi connectivity index (χ1v) is 1.98. The van der Waals surface area contributed by atoms with Gasteiger partial charge in [0.1, 0.15) is 0 Å². The van der Waals surface area contributed by atoms with E-state index in [2.05, 4.69) is 11.3 Å². The van der Waals surface area contributed by atoms with Crippen LogP contribution in [0.15, 0.2) is 6.20 Å². The molecule has 41 valence electrons. The maximum absolute atomic E-state index is 5.15. The molecule has 0 aliphatic carbocycles. The normalized spacial score (nSPS) is 8.12. The molecule has 0 aliphatic heterocycles. The van der Waals surface area contributed by atoms with E-state index in [9.17, 15) is 0 Å². The molecule has 1 aromatic heterocycles. The van der Waals surface area contributed by atoms with E-state index in [4.69, 9.17) is 7.98 Å². The van der Waals surface area contributed by atoms with E-state index in [-0.39, 0.29) is 20.4 Å². The van der Waals surface area contributed by atoms with E-state index in [0.717, 1.165) is 5.56 Å². The molecule has 0 saturated heterocycles. The van der Waals surface area contributed by atoms with Gasteiger partial charge in [-0.15, -0.1) is 12.4 Å². The summed E-state index contributed by atoms with van der Waals surface area (Å²) in [6, 6.07) is 0. The van der Waals surface area contributed by atoms with Crippen LogP contribution in [-0.4, -0.2) is 17.7 Å². The van der Waals surface area contributed by atoms with Gasteiger partial charge in [-0.25, -0.2) is 0 Å². The zero-order valence-corrected chi connectivity index (χ0v) is 7.14. The summed E-state index contributed by atoms with van der Waals surface area (Å²) in [6.07, 6.45) is 4.35. The number of nitrogens with zero attached hydrogens (tertiary/aromatic N) is 2. The van der Waals surface area contributed by atoms with Gasteiger partial charge >= 0.3 is 0 Å². The maximum atomic E-state index is 5.15. The Labute approximate surface area is 63.4 Å². The molecule has 0 N–H and O–H groups in total. The van der Waals surface area contributed by atoms with Crippen molar-refractivity contribution in [2.24, 2.45) is 0 Å². The van der Waals surface area contributed by atoms with Crippen molar-refractivity contribution in [3.8, 4) is 0 Å². The molecule has 0 aliphatic rings. The average molecular weight is 277 g/mol. The van der Waals surface area contributed by atoms with Crippen LogP contribution in [0.2, 0.25) is 0 Å². The van der Waals surface area contributed by atoms with Crippen LogP contribution in [0.5, 0.6) is 0 Å². The van der Waals surface area contributed by atoms with E-state index in [0.29, 0.717) is 0 Å². The molecule has 1 heterocycles. The number of aromatic nitrogens is 2. The molecule has 8 heavy (non-hydrogen) atoms. The standard InChI is InChI=1S/C4H4BN2.Re/c1-4-2-6-7(5)3-4;/h3H,1H3;/q-1;. The molecule has 4 heteroatoms. The van der Waals surface area contributed by atoms with Crippen molar-refractivity contribution < 1.29 is 20.4 Å². The fourth-order valence-electron chi connectivity index (χ4n) is 0.393. The molecule has 0 atom stereocenters. The molecule has 0 unspecified atom stereocenters. The van der Waals surface area contributed by atoms with Gasteiger partial charge in [0.15, 0.2) is 0 Å². The second-order valence-corrected chi connectivity index (χ2v) is 1.40. The summed E-state index contributed by atoms with van der Waals surface area (Å²) in [4.78, 5) is 0. The van der Waals surface area contributed by atoms with Crippen molar-refractivity contribution in [1.29, 1.82) is 0 Å². The van der Waals surface area contributed by atoms with E-state index in [1.807, 2.05) is 6.92 Å². The summed E-state index contributed by atoms with van der Waals surface area (Å²) in [6.45, 7) is 1.89. The van der Waals surface area contributed by atoms with Gasteiger partial charge in [0, 0.05) is 20.4 Å². The Balaban J connectivity index is 0.000000490. The zero-order chi connectivity index (χ0) is 5.28. The molecule has 0 amide bonds.